The van der Waals surface area contributed by atoms with Crippen LogP contribution in [0, 0.1) is 5.82 Å². The van der Waals surface area contributed by atoms with Crippen LogP contribution in [-0.2, 0) is 27.4 Å². The van der Waals surface area contributed by atoms with Gasteiger partial charge in [-0.1, -0.05) is 24.3 Å². The second-order valence-corrected chi connectivity index (χ2v) is 7.79. The molecule has 30 heavy (non-hydrogen) atoms. The number of hydrogen-bond donors (Lipinski definition) is 2. The normalized spacial score (nSPS) is 12.2. The Morgan fingerprint density at radius 1 is 1.13 bits per heavy atom. The smallest absolute Gasteiger partial charge is 0.369 e. The first-order chi connectivity index (χ1) is 13.9. The van der Waals surface area contributed by atoms with Crippen molar-refractivity contribution in [2.45, 2.75) is 17.5 Å². The van der Waals surface area contributed by atoms with Gasteiger partial charge in [0.25, 0.3) is 0 Å². The summed E-state index contributed by atoms with van der Waals surface area (Å²) in [5.74, 6) is -1.67. The Balaban J connectivity index is 2.41. The molecule has 3 aromatic rings. The van der Waals surface area contributed by atoms with Crippen LogP contribution < -0.4 is 10.9 Å². The van der Waals surface area contributed by atoms with Crippen LogP contribution in [0.1, 0.15) is 11.1 Å². The van der Waals surface area contributed by atoms with Crippen LogP contribution in [0.15, 0.2) is 53.7 Å². The van der Waals surface area contributed by atoms with E-state index < -0.39 is 44.8 Å². The number of nitrogens with two attached hydrogens (primary N) is 2. The molecule has 12 heteroatoms. The van der Waals surface area contributed by atoms with Crippen LogP contribution in [0.25, 0.3) is 16.8 Å². The van der Waals surface area contributed by atoms with Crippen molar-refractivity contribution in [3.8, 4) is 16.8 Å². The van der Waals surface area contributed by atoms with Crippen LogP contribution >= 0.6 is 0 Å². The first-order valence-corrected chi connectivity index (χ1v) is 9.78. The fourth-order valence-electron chi connectivity index (χ4n) is 2.98. The molecule has 0 radical (unpaired) electrons. The lowest BCUT2D eigenvalue weighted by Crippen LogP contribution is -2.20. The molecule has 0 bridgehead atoms. The number of primary sulfonamides is 1. The van der Waals surface area contributed by atoms with Gasteiger partial charge >= 0.3 is 6.18 Å². The Bertz CT molecular complexity index is 1240. The van der Waals surface area contributed by atoms with Crippen molar-refractivity contribution in [2.75, 3.05) is 0 Å². The molecule has 0 fully saturated rings. The molecule has 0 unspecified atom stereocenters. The van der Waals surface area contributed by atoms with E-state index in [-0.39, 0.29) is 22.4 Å². The molecule has 4 N–H and O–H groups in total. The van der Waals surface area contributed by atoms with E-state index in [0.29, 0.717) is 17.1 Å². The van der Waals surface area contributed by atoms with E-state index in [2.05, 4.69) is 5.10 Å². The van der Waals surface area contributed by atoms with Gasteiger partial charge in [-0.15, -0.1) is 0 Å². The molecule has 0 aliphatic heterocycles. The molecule has 0 saturated heterocycles. The third-order valence-electron chi connectivity index (χ3n) is 4.17. The zero-order chi connectivity index (χ0) is 22.3. The van der Waals surface area contributed by atoms with Crippen molar-refractivity contribution in [2.24, 2.45) is 10.9 Å². The molecular formula is C18H14F4N4O3S. The highest BCUT2D eigenvalue weighted by Gasteiger charge is 2.33. The quantitative estimate of drug-likeness (QED) is 0.589. The zero-order valence-electron chi connectivity index (χ0n) is 15.0. The van der Waals surface area contributed by atoms with Gasteiger partial charge in [0, 0.05) is 17.3 Å². The summed E-state index contributed by atoms with van der Waals surface area (Å²) in [6, 6.07) is 7.45. The van der Waals surface area contributed by atoms with Crippen LogP contribution in [0.2, 0.25) is 0 Å². The van der Waals surface area contributed by atoms with Crippen molar-refractivity contribution in [3.05, 3.63) is 65.7 Å². The number of halogens is 4. The third-order valence-corrected chi connectivity index (χ3v) is 5.15. The fourth-order valence-corrected chi connectivity index (χ4v) is 3.95. The summed E-state index contributed by atoms with van der Waals surface area (Å²) in [5, 5.41) is 8.91. The lowest BCUT2D eigenvalue weighted by atomic mass is 9.96. The third kappa shape index (κ3) is 4.19. The minimum absolute atomic E-state index is 0.0311. The number of rotatable bonds is 5. The largest absolute Gasteiger partial charge is 0.419 e. The highest BCUT2D eigenvalue weighted by Crippen LogP contribution is 2.37. The van der Waals surface area contributed by atoms with E-state index in [9.17, 15) is 30.8 Å². The number of primary amides is 1. The summed E-state index contributed by atoms with van der Waals surface area (Å²) >= 11 is 0. The number of carbonyl (C=O) groups excluding carboxylic acids is 1. The van der Waals surface area contributed by atoms with E-state index in [4.69, 9.17) is 10.9 Å². The van der Waals surface area contributed by atoms with Crippen LogP contribution in [0.3, 0.4) is 0 Å². The highest BCUT2D eigenvalue weighted by molar-refractivity contribution is 7.89. The van der Waals surface area contributed by atoms with Gasteiger partial charge in [0.05, 0.1) is 23.9 Å². The average Bonchev–Trinajstić information content (AvgIpc) is 3.11. The number of nitrogens with zero attached hydrogens (tertiary/aromatic N) is 2. The number of benzene rings is 2. The van der Waals surface area contributed by atoms with Crippen molar-refractivity contribution >= 4 is 15.9 Å². The molecule has 0 saturated carbocycles. The van der Waals surface area contributed by atoms with Gasteiger partial charge in [0.15, 0.2) is 0 Å². The number of aromatic nitrogens is 2. The van der Waals surface area contributed by atoms with Gasteiger partial charge in [0.1, 0.15) is 10.7 Å². The summed E-state index contributed by atoms with van der Waals surface area (Å²) in [6.07, 6.45) is -4.10. The summed E-state index contributed by atoms with van der Waals surface area (Å²) < 4.78 is 79.0. The van der Waals surface area contributed by atoms with E-state index in [1.807, 2.05) is 0 Å². The maximum atomic E-state index is 14.5. The summed E-state index contributed by atoms with van der Waals surface area (Å²) in [4.78, 5) is 10.8. The molecular weight excluding hydrogens is 428 g/mol. The number of carbonyl (C=O) groups is 1. The number of sulfonamides is 1. The van der Waals surface area contributed by atoms with E-state index >= 15 is 0 Å². The molecule has 1 heterocycles. The SMILES string of the molecule is NC(=O)Cc1ccc(-n2cc(C(F)(F)F)cn2)c(S(N)(=O)=O)c1-c1ccccc1F. The predicted octanol–water partition coefficient (Wildman–Crippen LogP) is 2.37. The number of alkyl halides is 3. The van der Waals surface area contributed by atoms with Crippen molar-refractivity contribution in [1.82, 2.24) is 9.78 Å². The van der Waals surface area contributed by atoms with Gasteiger partial charge in [0.2, 0.25) is 15.9 Å². The fraction of sp³-hybridized carbons (Fsp3) is 0.111. The highest BCUT2D eigenvalue weighted by atomic mass is 32.2. The Labute approximate surface area is 168 Å². The zero-order valence-corrected chi connectivity index (χ0v) is 15.8. The summed E-state index contributed by atoms with van der Waals surface area (Å²) in [6.45, 7) is 0. The number of hydrogen-bond acceptors (Lipinski definition) is 4. The van der Waals surface area contributed by atoms with Gasteiger partial charge in [-0.3, -0.25) is 4.79 Å². The molecule has 0 atom stereocenters. The first kappa shape index (κ1) is 21.5. The minimum Gasteiger partial charge on any atom is -0.369 e. The van der Waals surface area contributed by atoms with E-state index in [0.717, 1.165) is 12.1 Å². The summed E-state index contributed by atoms with van der Waals surface area (Å²) in [7, 11) is -4.62. The maximum Gasteiger partial charge on any atom is 0.419 e. The molecule has 0 aliphatic carbocycles. The molecule has 1 amide bonds. The molecule has 0 aliphatic rings. The van der Waals surface area contributed by atoms with Crippen LogP contribution in [-0.4, -0.2) is 24.1 Å². The van der Waals surface area contributed by atoms with Gasteiger partial charge in [-0.05, 0) is 17.7 Å². The second-order valence-electron chi connectivity index (χ2n) is 6.29. The van der Waals surface area contributed by atoms with Crippen molar-refractivity contribution < 1.29 is 30.8 Å². The molecule has 1 aromatic heterocycles. The van der Waals surface area contributed by atoms with E-state index in [1.165, 1.54) is 24.3 Å². The Kier molecular flexibility index (Phi) is 5.39. The number of amides is 1. The molecule has 2 aromatic carbocycles. The van der Waals surface area contributed by atoms with E-state index in [1.54, 1.807) is 0 Å². The lowest BCUT2D eigenvalue weighted by molar-refractivity contribution is -0.137. The molecule has 158 valence electrons. The molecule has 0 spiro atoms. The first-order valence-electron chi connectivity index (χ1n) is 8.23. The van der Waals surface area contributed by atoms with Crippen LogP contribution in [0.4, 0.5) is 17.6 Å². The molecule has 3 rings (SSSR count). The Hall–Kier alpha value is -3.25. The Morgan fingerprint density at radius 2 is 1.80 bits per heavy atom. The topological polar surface area (TPSA) is 121 Å². The van der Waals surface area contributed by atoms with Gasteiger partial charge < -0.3 is 5.73 Å². The van der Waals surface area contributed by atoms with Gasteiger partial charge in [-0.2, -0.15) is 18.3 Å². The van der Waals surface area contributed by atoms with Gasteiger partial charge in [-0.25, -0.2) is 22.6 Å². The predicted molar refractivity (Wildman–Crippen MR) is 98.2 cm³/mol. The average molecular weight is 442 g/mol. The standard InChI is InChI=1S/C18H14F4N4O3S/c19-13-4-2-1-3-12(13)16-10(7-15(23)27)5-6-14(17(16)30(24,28)29)26-9-11(8-25-26)18(20,21)22/h1-6,8-9H,7H2,(H2,23,27)(H2,24,28,29). The molecule has 7 nitrogen and oxygen atoms in total. The van der Waals surface area contributed by atoms with Crippen LogP contribution in [0.5, 0.6) is 0 Å². The van der Waals surface area contributed by atoms with Crippen molar-refractivity contribution in [3.63, 3.8) is 0 Å². The minimum atomic E-state index is -4.72. The second kappa shape index (κ2) is 7.54. The monoisotopic (exact) mass is 442 g/mol. The van der Waals surface area contributed by atoms with Crippen molar-refractivity contribution in [1.29, 1.82) is 0 Å². The summed E-state index contributed by atoms with van der Waals surface area (Å²) in [5.41, 5.74) is 3.27. The Morgan fingerprint density at radius 3 is 2.33 bits per heavy atom. The lowest BCUT2D eigenvalue weighted by Gasteiger charge is -2.18. The maximum absolute atomic E-state index is 14.5.